The summed E-state index contributed by atoms with van der Waals surface area (Å²) >= 11 is 0. The first-order valence-corrected chi connectivity index (χ1v) is 4.98. The molecule has 6 heteroatoms. The van der Waals surface area contributed by atoms with Gasteiger partial charge in [-0.05, 0) is 5.56 Å². The number of rotatable bonds is 3. The van der Waals surface area contributed by atoms with Crippen molar-refractivity contribution in [1.29, 1.82) is 0 Å². The number of ether oxygens (including phenoxy) is 1. The Kier molecular flexibility index (Phi) is 2.82. The molecular formula is C7H8FNO3S. The van der Waals surface area contributed by atoms with E-state index >= 15 is 0 Å². The van der Waals surface area contributed by atoms with Crippen LogP contribution in [0, 0.1) is 0 Å². The lowest BCUT2D eigenvalue weighted by atomic mass is 10.3. The lowest BCUT2D eigenvalue weighted by molar-refractivity contribution is 0.397. The zero-order valence-electron chi connectivity index (χ0n) is 6.90. The molecule has 1 aromatic heterocycles. The van der Waals surface area contributed by atoms with Crippen molar-refractivity contribution in [3.05, 3.63) is 23.9 Å². The average molecular weight is 205 g/mol. The van der Waals surface area contributed by atoms with E-state index in [1.807, 2.05) is 0 Å². The van der Waals surface area contributed by atoms with Crippen LogP contribution in [-0.2, 0) is 16.0 Å². The fourth-order valence-corrected chi connectivity index (χ4v) is 1.39. The van der Waals surface area contributed by atoms with E-state index < -0.39 is 16.0 Å². The molecule has 4 nitrogen and oxygen atoms in total. The maximum Gasteiger partial charge on any atom is 0.306 e. The van der Waals surface area contributed by atoms with Crippen LogP contribution >= 0.6 is 0 Å². The van der Waals surface area contributed by atoms with E-state index in [1.165, 1.54) is 25.4 Å². The monoisotopic (exact) mass is 205 g/mol. The Morgan fingerprint density at radius 3 is 2.62 bits per heavy atom. The highest BCUT2D eigenvalue weighted by atomic mass is 32.3. The Hall–Kier alpha value is -1.17. The summed E-state index contributed by atoms with van der Waals surface area (Å²) in [6.45, 7) is 0. The molecule has 1 aromatic rings. The van der Waals surface area contributed by atoms with Crippen LogP contribution in [0.1, 0.15) is 5.56 Å². The SMILES string of the molecule is COc1ccc(CS(=O)(=O)F)cn1. The first-order valence-electron chi connectivity index (χ1n) is 3.42. The van der Waals surface area contributed by atoms with Crippen LogP contribution in [0.15, 0.2) is 18.3 Å². The van der Waals surface area contributed by atoms with E-state index in [-0.39, 0.29) is 0 Å². The molecule has 0 amide bonds. The van der Waals surface area contributed by atoms with Crippen molar-refractivity contribution in [3.63, 3.8) is 0 Å². The van der Waals surface area contributed by atoms with Crippen LogP contribution < -0.4 is 4.74 Å². The number of hydrogen-bond acceptors (Lipinski definition) is 4. The minimum atomic E-state index is -4.48. The Morgan fingerprint density at radius 1 is 1.54 bits per heavy atom. The highest BCUT2D eigenvalue weighted by molar-refractivity contribution is 7.85. The van der Waals surface area contributed by atoms with E-state index in [9.17, 15) is 12.3 Å². The second kappa shape index (κ2) is 3.69. The molecule has 0 atom stereocenters. The third kappa shape index (κ3) is 3.37. The van der Waals surface area contributed by atoms with Gasteiger partial charge in [0.2, 0.25) is 5.88 Å². The van der Waals surface area contributed by atoms with Gasteiger partial charge in [-0.1, -0.05) is 6.07 Å². The summed E-state index contributed by atoms with van der Waals surface area (Å²) in [5, 5.41) is 0. The van der Waals surface area contributed by atoms with Crippen LogP contribution in [0.5, 0.6) is 5.88 Å². The van der Waals surface area contributed by atoms with Gasteiger partial charge in [-0.25, -0.2) is 4.98 Å². The molecule has 13 heavy (non-hydrogen) atoms. The molecule has 0 aromatic carbocycles. The van der Waals surface area contributed by atoms with Gasteiger partial charge in [0.05, 0.1) is 7.11 Å². The predicted molar refractivity (Wildman–Crippen MR) is 44.5 cm³/mol. The molecule has 0 unspecified atom stereocenters. The highest BCUT2D eigenvalue weighted by Gasteiger charge is 2.08. The third-order valence-electron chi connectivity index (χ3n) is 1.35. The van der Waals surface area contributed by atoms with Crippen LogP contribution in [0.2, 0.25) is 0 Å². The molecule has 0 fully saturated rings. The van der Waals surface area contributed by atoms with Gasteiger partial charge in [0.15, 0.2) is 0 Å². The molecule has 0 aliphatic heterocycles. The third-order valence-corrected chi connectivity index (χ3v) is 2.02. The largest absolute Gasteiger partial charge is 0.481 e. The Bertz CT molecular complexity index is 373. The number of hydrogen-bond donors (Lipinski definition) is 0. The molecule has 0 saturated carbocycles. The van der Waals surface area contributed by atoms with Gasteiger partial charge >= 0.3 is 10.2 Å². The second-order valence-corrected chi connectivity index (χ2v) is 3.76. The summed E-state index contributed by atoms with van der Waals surface area (Å²) in [6.07, 6.45) is 1.26. The van der Waals surface area contributed by atoms with E-state index in [0.717, 1.165) is 0 Å². The van der Waals surface area contributed by atoms with Gasteiger partial charge in [-0.3, -0.25) is 0 Å². The van der Waals surface area contributed by atoms with Gasteiger partial charge in [0.1, 0.15) is 5.75 Å². The minimum absolute atomic E-state index is 0.295. The molecule has 1 rings (SSSR count). The van der Waals surface area contributed by atoms with E-state index in [4.69, 9.17) is 4.74 Å². The van der Waals surface area contributed by atoms with Crippen LogP contribution in [-0.4, -0.2) is 20.5 Å². The summed E-state index contributed by atoms with van der Waals surface area (Å²) in [7, 11) is -3.04. The minimum Gasteiger partial charge on any atom is -0.481 e. The van der Waals surface area contributed by atoms with E-state index in [2.05, 4.69) is 4.98 Å². The number of aromatic nitrogens is 1. The van der Waals surface area contributed by atoms with Crippen molar-refractivity contribution >= 4 is 10.2 Å². The molecule has 0 aliphatic rings. The number of halogens is 1. The summed E-state index contributed by atoms with van der Waals surface area (Å²) in [4.78, 5) is 3.73. The number of pyridine rings is 1. The van der Waals surface area contributed by atoms with Crippen molar-refractivity contribution in [2.24, 2.45) is 0 Å². The summed E-state index contributed by atoms with van der Waals surface area (Å²) in [6, 6.07) is 2.92. The average Bonchev–Trinajstić information content (AvgIpc) is 2.03. The Balaban J connectivity index is 2.81. The quantitative estimate of drug-likeness (QED) is 0.687. The van der Waals surface area contributed by atoms with Gasteiger partial charge in [0, 0.05) is 12.3 Å². The molecular weight excluding hydrogens is 197 g/mol. The normalized spacial score (nSPS) is 11.2. The maximum absolute atomic E-state index is 12.2. The predicted octanol–water partition coefficient (Wildman–Crippen LogP) is 0.889. The molecule has 0 spiro atoms. The van der Waals surface area contributed by atoms with Crippen LogP contribution in [0.25, 0.3) is 0 Å². The van der Waals surface area contributed by atoms with Gasteiger partial charge in [-0.2, -0.15) is 8.42 Å². The summed E-state index contributed by atoms with van der Waals surface area (Å²) in [5.41, 5.74) is 0.295. The Labute approximate surface area is 75.6 Å². The highest BCUT2D eigenvalue weighted by Crippen LogP contribution is 2.10. The molecule has 0 N–H and O–H groups in total. The fourth-order valence-electron chi connectivity index (χ4n) is 0.816. The smallest absolute Gasteiger partial charge is 0.306 e. The first kappa shape index (κ1) is 9.91. The topological polar surface area (TPSA) is 56.3 Å². The maximum atomic E-state index is 12.2. The van der Waals surface area contributed by atoms with E-state index in [1.54, 1.807) is 0 Å². The summed E-state index contributed by atoms with van der Waals surface area (Å²) in [5.74, 6) is -0.288. The molecule has 0 radical (unpaired) electrons. The van der Waals surface area contributed by atoms with Crippen molar-refractivity contribution in [2.45, 2.75) is 5.75 Å². The lowest BCUT2D eigenvalue weighted by Gasteiger charge is -1.99. The molecule has 0 aliphatic carbocycles. The molecule has 1 heterocycles. The first-order chi connectivity index (χ1) is 6.01. The van der Waals surface area contributed by atoms with Gasteiger partial charge in [0.25, 0.3) is 0 Å². The van der Waals surface area contributed by atoms with Crippen LogP contribution in [0.3, 0.4) is 0 Å². The Morgan fingerprint density at radius 2 is 2.23 bits per heavy atom. The number of nitrogens with zero attached hydrogens (tertiary/aromatic N) is 1. The van der Waals surface area contributed by atoms with E-state index in [0.29, 0.717) is 11.4 Å². The van der Waals surface area contributed by atoms with Gasteiger partial charge < -0.3 is 4.74 Å². The lowest BCUT2D eigenvalue weighted by Crippen LogP contribution is -1.97. The van der Waals surface area contributed by atoms with Crippen molar-refractivity contribution in [2.75, 3.05) is 7.11 Å². The number of methoxy groups -OCH3 is 1. The standard InChI is InChI=1S/C7H8FNO3S/c1-12-7-3-2-6(4-9-7)5-13(8,10)11/h2-4H,5H2,1H3. The van der Waals surface area contributed by atoms with Crippen LogP contribution in [0.4, 0.5) is 3.89 Å². The summed E-state index contributed by atoms with van der Waals surface area (Å²) < 4.78 is 37.4. The van der Waals surface area contributed by atoms with Gasteiger partial charge in [-0.15, -0.1) is 3.89 Å². The molecule has 0 bridgehead atoms. The zero-order valence-corrected chi connectivity index (χ0v) is 7.71. The van der Waals surface area contributed by atoms with Crippen molar-refractivity contribution < 1.29 is 17.0 Å². The second-order valence-electron chi connectivity index (χ2n) is 2.39. The zero-order chi connectivity index (χ0) is 9.90. The fraction of sp³-hybridized carbons (Fsp3) is 0.286. The molecule has 72 valence electrons. The molecule has 0 saturated heterocycles. The van der Waals surface area contributed by atoms with Crippen molar-refractivity contribution in [1.82, 2.24) is 4.98 Å². The van der Waals surface area contributed by atoms with Crippen molar-refractivity contribution in [3.8, 4) is 5.88 Å².